The molecule has 0 unspecified atom stereocenters. The fourth-order valence-electron chi connectivity index (χ4n) is 2.25. The van der Waals surface area contributed by atoms with Gasteiger partial charge in [0.2, 0.25) is 5.88 Å². The van der Waals surface area contributed by atoms with E-state index in [4.69, 9.17) is 9.47 Å². The second-order valence-electron chi connectivity index (χ2n) is 4.81. The number of anilines is 2. The van der Waals surface area contributed by atoms with Gasteiger partial charge in [-0.05, 0) is 11.6 Å². The Balaban J connectivity index is 1.95. The molecule has 0 fully saturated rings. The highest BCUT2D eigenvalue weighted by molar-refractivity contribution is 5.79. The minimum Gasteiger partial charge on any atom is -0.480 e. The Hall–Kier alpha value is -2.93. The molecule has 3 aromatic rings. The third-order valence-electron chi connectivity index (χ3n) is 3.29. The molecule has 1 aromatic carbocycles. The molecule has 118 valence electrons. The third-order valence-corrected chi connectivity index (χ3v) is 3.29. The maximum Gasteiger partial charge on any atom is 0.233 e. The Morgan fingerprint density at radius 3 is 2.52 bits per heavy atom. The molecule has 0 spiro atoms. The number of nitrogens with zero attached hydrogens (tertiary/aromatic N) is 3. The van der Waals surface area contributed by atoms with Crippen LogP contribution < -0.4 is 10.1 Å². The third kappa shape index (κ3) is 3.29. The van der Waals surface area contributed by atoms with Crippen LogP contribution in [0.15, 0.2) is 42.5 Å². The highest BCUT2D eigenvalue weighted by Gasteiger charge is 2.15. The summed E-state index contributed by atoms with van der Waals surface area (Å²) in [7, 11) is 3.20. The van der Waals surface area contributed by atoms with Gasteiger partial charge in [0.25, 0.3) is 0 Å². The number of aromatic amines is 1. The van der Waals surface area contributed by atoms with Crippen molar-refractivity contribution in [3.8, 4) is 17.0 Å². The number of ether oxygens (including phenoxy) is 2. The zero-order valence-corrected chi connectivity index (χ0v) is 12.9. The molecule has 0 saturated heterocycles. The Labute approximate surface area is 133 Å². The Morgan fingerprint density at radius 2 is 1.87 bits per heavy atom. The first-order valence-electron chi connectivity index (χ1n) is 7.08. The van der Waals surface area contributed by atoms with Crippen LogP contribution in [0.2, 0.25) is 0 Å². The van der Waals surface area contributed by atoms with Crippen LogP contribution in [-0.2, 0) is 11.3 Å². The second-order valence-corrected chi connectivity index (χ2v) is 4.81. The van der Waals surface area contributed by atoms with Gasteiger partial charge in [0.05, 0.1) is 19.4 Å². The maximum atomic E-state index is 5.24. The van der Waals surface area contributed by atoms with Crippen LogP contribution in [0.1, 0.15) is 5.69 Å². The van der Waals surface area contributed by atoms with E-state index in [-0.39, 0.29) is 0 Å². The highest BCUT2D eigenvalue weighted by atomic mass is 16.5. The average molecular weight is 311 g/mol. The number of rotatable bonds is 6. The van der Waals surface area contributed by atoms with Gasteiger partial charge >= 0.3 is 0 Å². The fraction of sp³-hybridized carbons (Fsp3) is 0.188. The number of nitrogens with one attached hydrogen (secondary N) is 2. The summed E-state index contributed by atoms with van der Waals surface area (Å²) in [5.74, 6) is 1.71. The maximum absolute atomic E-state index is 5.24. The van der Waals surface area contributed by atoms with Crippen LogP contribution in [-0.4, -0.2) is 34.6 Å². The van der Waals surface area contributed by atoms with Crippen molar-refractivity contribution in [3.63, 3.8) is 0 Å². The second kappa shape index (κ2) is 6.89. The van der Waals surface area contributed by atoms with Gasteiger partial charge in [-0.25, -0.2) is 0 Å². The van der Waals surface area contributed by atoms with E-state index in [1.54, 1.807) is 26.4 Å². The molecule has 0 bridgehead atoms. The number of aromatic nitrogens is 4. The summed E-state index contributed by atoms with van der Waals surface area (Å²) < 4.78 is 10.2. The molecule has 2 aromatic heterocycles. The number of benzene rings is 1. The zero-order chi connectivity index (χ0) is 16.1. The molecule has 7 heteroatoms. The molecule has 3 rings (SSSR count). The number of methoxy groups -OCH3 is 2. The fourth-order valence-corrected chi connectivity index (χ4v) is 2.25. The Kier molecular flexibility index (Phi) is 4.49. The summed E-state index contributed by atoms with van der Waals surface area (Å²) in [6.45, 7) is 0.438. The minimum absolute atomic E-state index is 0.438. The monoisotopic (exact) mass is 311 g/mol. The van der Waals surface area contributed by atoms with Crippen molar-refractivity contribution < 1.29 is 9.47 Å². The lowest BCUT2D eigenvalue weighted by molar-refractivity contribution is 0.182. The van der Waals surface area contributed by atoms with Gasteiger partial charge in [0.15, 0.2) is 11.6 Å². The van der Waals surface area contributed by atoms with Crippen LogP contribution in [0, 0.1) is 0 Å². The number of hydrogen-bond donors (Lipinski definition) is 2. The summed E-state index contributed by atoms with van der Waals surface area (Å²) in [6, 6.07) is 13.5. The van der Waals surface area contributed by atoms with Gasteiger partial charge in [-0.3, -0.25) is 5.10 Å². The molecule has 0 aliphatic heterocycles. The Morgan fingerprint density at radius 1 is 1.04 bits per heavy atom. The van der Waals surface area contributed by atoms with Gasteiger partial charge in [-0.2, -0.15) is 5.10 Å². The van der Waals surface area contributed by atoms with Crippen molar-refractivity contribution in [3.05, 3.63) is 48.2 Å². The normalized spacial score (nSPS) is 10.5. The van der Waals surface area contributed by atoms with Crippen molar-refractivity contribution in [2.24, 2.45) is 0 Å². The van der Waals surface area contributed by atoms with Gasteiger partial charge in [0, 0.05) is 18.7 Å². The van der Waals surface area contributed by atoms with Gasteiger partial charge in [0.1, 0.15) is 0 Å². The predicted molar refractivity (Wildman–Crippen MR) is 86.6 cm³/mol. The van der Waals surface area contributed by atoms with E-state index in [2.05, 4.69) is 25.7 Å². The van der Waals surface area contributed by atoms with Crippen LogP contribution in [0.3, 0.4) is 0 Å². The molecular weight excluding hydrogens is 294 g/mol. The molecule has 7 nitrogen and oxygen atoms in total. The van der Waals surface area contributed by atoms with Crippen molar-refractivity contribution in [1.82, 2.24) is 20.4 Å². The number of hydrogen-bond acceptors (Lipinski definition) is 6. The smallest absolute Gasteiger partial charge is 0.233 e. The lowest BCUT2D eigenvalue weighted by Gasteiger charge is -2.07. The van der Waals surface area contributed by atoms with Crippen molar-refractivity contribution in [2.45, 2.75) is 6.61 Å². The van der Waals surface area contributed by atoms with E-state index >= 15 is 0 Å². The minimum atomic E-state index is 0.438. The molecule has 2 N–H and O–H groups in total. The average Bonchev–Trinajstić information content (AvgIpc) is 2.99. The highest BCUT2D eigenvalue weighted by Crippen LogP contribution is 2.31. The van der Waals surface area contributed by atoms with E-state index in [1.165, 1.54) is 0 Å². The van der Waals surface area contributed by atoms with E-state index in [0.29, 0.717) is 24.1 Å². The van der Waals surface area contributed by atoms with Crippen LogP contribution in [0.5, 0.6) is 5.88 Å². The lowest BCUT2D eigenvalue weighted by Crippen LogP contribution is -1.99. The molecule has 2 heterocycles. The zero-order valence-electron chi connectivity index (χ0n) is 12.9. The summed E-state index contributed by atoms with van der Waals surface area (Å²) >= 11 is 0. The Bertz CT molecular complexity index is 756. The van der Waals surface area contributed by atoms with Crippen molar-refractivity contribution >= 4 is 11.6 Å². The van der Waals surface area contributed by atoms with E-state index in [1.807, 2.05) is 30.3 Å². The van der Waals surface area contributed by atoms with E-state index in [0.717, 1.165) is 16.8 Å². The largest absolute Gasteiger partial charge is 0.480 e. The van der Waals surface area contributed by atoms with Crippen molar-refractivity contribution in [2.75, 3.05) is 19.5 Å². The standard InChI is InChI=1S/C16H17N5O2/c1-22-10-12-15(11-6-4-3-5-7-11)16(21-18-12)17-13-8-9-14(23-2)20-19-13/h3-9H,10H2,1-2H3,(H2,17,18,19,21). The summed E-state index contributed by atoms with van der Waals surface area (Å²) in [5.41, 5.74) is 2.88. The van der Waals surface area contributed by atoms with Gasteiger partial charge in [-0.15, -0.1) is 10.2 Å². The first-order chi connectivity index (χ1) is 11.3. The molecule has 23 heavy (non-hydrogen) atoms. The molecule has 0 amide bonds. The first kappa shape index (κ1) is 15.0. The van der Waals surface area contributed by atoms with E-state index in [9.17, 15) is 0 Å². The molecular formula is C16H17N5O2. The van der Waals surface area contributed by atoms with Gasteiger partial charge in [-0.1, -0.05) is 30.3 Å². The van der Waals surface area contributed by atoms with Crippen LogP contribution in [0.4, 0.5) is 11.6 Å². The first-order valence-corrected chi connectivity index (χ1v) is 7.08. The van der Waals surface area contributed by atoms with Crippen LogP contribution in [0.25, 0.3) is 11.1 Å². The lowest BCUT2D eigenvalue weighted by atomic mass is 10.1. The SMILES string of the molecule is COCc1[nH]nc(Nc2ccc(OC)nn2)c1-c1ccccc1. The molecule has 0 radical (unpaired) electrons. The number of H-pyrrole nitrogens is 1. The summed E-state index contributed by atoms with van der Waals surface area (Å²) in [4.78, 5) is 0. The quantitative estimate of drug-likeness (QED) is 0.728. The predicted octanol–water partition coefficient (Wildman–Crippen LogP) is 2.77. The topological polar surface area (TPSA) is 85.0 Å². The molecule has 0 saturated carbocycles. The summed E-state index contributed by atoms with van der Waals surface area (Å²) in [5, 5.41) is 18.5. The summed E-state index contributed by atoms with van der Waals surface area (Å²) in [6.07, 6.45) is 0. The van der Waals surface area contributed by atoms with Crippen molar-refractivity contribution in [1.29, 1.82) is 0 Å². The molecule has 0 aliphatic rings. The van der Waals surface area contributed by atoms with Crippen LogP contribution >= 0.6 is 0 Å². The molecule has 0 atom stereocenters. The molecule has 0 aliphatic carbocycles. The van der Waals surface area contributed by atoms with Gasteiger partial charge < -0.3 is 14.8 Å². The van der Waals surface area contributed by atoms with E-state index < -0.39 is 0 Å².